The van der Waals surface area contributed by atoms with Crippen LogP contribution in [0.15, 0.2) is 17.5 Å². The Morgan fingerprint density at radius 2 is 2.08 bits per heavy atom. The Morgan fingerprint density at radius 3 is 2.85 bits per heavy atom. The van der Waals surface area contributed by atoms with Gasteiger partial charge >= 0.3 is 0 Å². The van der Waals surface area contributed by atoms with E-state index in [-0.39, 0.29) is 6.29 Å². The number of hydrogen-bond acceptors (Lipinski definition) is 4. The van der Waals surface area contributed by atoms with E-state index in [2.05, 4.69) is 17.5 Å². The fraction of sp³-hybridized carbons (Fsp3) is 0.333. The van der Waals surface area contributed by atoms with Crippen LogP contribution in [0.3, 0.4) is 0 Å². The van der Waals surface area contributed by atoms with Gasteiger partial charge in [0.2, 0.25) is 0 Å². The number of ether oxygens (including phenoxy) is 2. The summed E-state index contributed by atoms with van der Waals surface area (Å²) in [6.07, 6.45) is -0.107. The van der Waals surface area contributed by atoms with Gasteiger partial charge in [0.25, 0.3) is 0 Å². The van der Waals surface area contributed by atoms with Crippen LogP contribution in [0.25, 0.3) is 9.40 Å². The van der Waals surface area contributed by atoms with Crippen LogP contribution in [0, 0.1) is 0 Å². The van der Waals surface area contributed by atoms with Crippen molar-refractivity contribution < 1.29 is 9.47 Å². The highest BCUT2D eigenvalue weighted by molar-refractivity contribution is 7.26. The molecule has 0 aromatic carbocycles. The fourth-order valence-electron chi connectivity index (χ4n) is 1.42. The molecule has 1 fully saturated rings. The topological polar surface area (TPSA) is 18.5 Å². The normalized spacial score (nSPS) is 18.8. The van der Waals surface area contributed by atoms with E-state index in [1.54, 1.807) is 22.7 Å². The van der Waals surface area contributed by atoms with Gasteiger partial charge in [0.05, 0.1) is 18.1 Å². The van der Waals surface area contributed by atoms with Crippen molar-refractivity contribution in [3.63, 3.8) is 0 Å². The predicted octanol–water partition coefficient (Wildman–Crippen LogP) is 3.01. The van der Waals surface area contributed by atoms with Crippen LogP contribution < -0.4 is 0 Å². The Morgan fingerprint density at radius 1 is 1.23 bits per heavy atom. The lowest BCUT2D eigenvalue weighted by atomic mass is 10.4. The molecule has 1 aliphatic rings. The average molecular weight is 212 g/mol. The van der Waals surface area contributed by atoms with Crippen LogP contribution in [0.2, 0.25) is 0 Å². The van der Waals surface area contributed by atoms with Gasteiger partial charge in [0.15, 0.2) is 6.29 Å². The summed E-state index contributed by atoms with van der Waals surface area (Å²) in [6.45, 7) is 1.44. The molecular formula is C9H8O2S2. The highest BCUT2D eigenvalue weighted by atomic mass is 32.1. The minimum absolute atomic E-state index is 0.107. The first-order valence-corrected chi connectivity index (χ1v) is 5.83. The van der Waals surface area contributed by atoms with Crippen LogP contribution in [-0.4, -0.2) is 13.2 Å². The number of thiophene rings is 2. The standard InChI is InChI=1S/C9H8O2S2/c1-4-12-7-5-8(13-6(1)7)9-10-2-3-11-9/h1,4-5,9H,2-3H2. The van der Waals surface area contributed by atoms with Crippen molar-refractivity contribution in [2.45, 2.75) is 6.29 Å². The second kappa shape index (κ2) is 3.06. The Bertz CT molecular complexity index is 383. The van der Waals surface area contributed by atoms with Gasteiger partial charge in [-0.05, 0) is 17.5 Å². The molecule has 0 amide bonds. The molecule has 0 bridgehead atoms. The van der Waals surface area contributed by atoms with Gasteiger partial charge in [-0.25, -0.2) is 0 Å². The third-order valence-corrected chi connectivity index (χ3v) is 4.13. The van der Waals surface area contributed by atoms with Gasteiger partial charge in [-0.3, -0.25) is 0 Å². The summed E-state index contributed by atoms with van der Waals surface area (Å²) in [5, 5.41) is 2.11. The van der Waals surface area contributed by atoms with Crippen molar-refractivity contribution in [3.05, 3.63) is 22.4 Å². The summed E-state index contributed by atoms with van der Waals surface area (Å²) in [6, 6.07) is 4.31. The van der Waals surface area contributed by atoms with Gasteiger partial charge in [-0.2, -0.15) is 0 Å². The lowest BCUT2D eigenvalue weighted by molar-refractivity contribution is -0.0412. The first kappa shape index (κ1) is 7.94. The molecule has 4 heteroatoms. The molecule has 1 saturated heterocycles. The van der Waals surface area contributed by atoms with E-state index in [1.807, 2.05) is 0 Å². The lowest BCUT2D eigenvalue weighted by Gasteiger charge is -2.03. The summed E-state index contributed by atoms with van der Waals surface area (Å²) in [7, 11) is 0. The third kappa shape index (κ3) is 1.30. The zero-order valence-corrected chi connectivity index (χ0v) is 8.49. The second-order valence-electron chi connectivity index (χ2n) is 2.87. The van der Waals surface area contributed by atoms with Crippen molar-refractivity contribution in [2.75, 3.05) is 13.2 Å². The lowest BCUT2D eigenvalue weighted by Crippen LogP contribution is -1.93. The van der Waals surface area contributed by atoms with E-state index < -0.39 is 0 Å². The molecule has 3 rings (SSSR count). The average Bonchev–Trinajstić information content (AvgIpc) is 2.78. The van der Waals surface area contributed by atoms with Crippen molar-refractivity contribution in [2.24, 2.45) is 0 Å². The number of fused-ring (bicyclic) bond motifs is 1. The van der Waals surface area contributed by atoms with E-state index in [1.165, 1.54) is 14.3 Å². The summed E-state index contributed by atoms with van der Waals surface area (Å²) < 4.78 is 13.5. The quantitative estimate of drug-likeness (QED) is 0.723. The molecule has 0 radical (unpaired) electrons. The highest BCUT2D eigenvalue weighted by Crippen LogP contribution is 2.36. The maximum atomic E-state index is 5.43. The molecule has 0 N–H and O–H groups in total. The molecule has 2 nitrogen and oxygen atoms in total. The largest absolute Gasteiger partial charge is 0.345 e. The summed E-state index contributed by atoms with van der Waals surface area (Å²) in [4.78, 5) is 1.19. The molecular weight excluding hydrogens is 204 g/mol. The zero-order chi connectivity index (χ0) is 8.67. The van der Waals surface area contributed by atoms with Gasteiger partial charge in [0, 0.05) is 9.40 Å². The summed E-state index contributed by atoms with van der Waals surface area (Å²) in [5.41, 5.74) is 0. The molecule has 0 saturated carbocycles. The van der Waals surface area contributed by atoms with Crippen molar-refractivity contribution in [1.29, 1.82) is 0 Å². The maximum Gasteiger partial charge on any atom is 0.193 e. The SMILES string of the molecule is c1cc2sc(C3OCCO3)cc2s1. The molecule has 3 heterocycles. The number of rotatable bonds is 1. The summed E-state index contributed by atoms with van der Waals surface area (Å²) in [5.74, 6) is 0. The van der Waals surface area contributed by atoms with Crippen LogP contribution in [-0.2, 0) is 9.47 Å². The monoisotopic (exact) mass is 212 g/mol. The molecule has 13 heavy (non-hydrogen) atoms. The molecule has 1 aliphatic heterocycles. The van der Waals surface area contributed by atoms with E-state index in [9.17, 15) is 0 Å². The Kier molecular flexibility index (Phi) is 1.87. The van der Waals surface area contributed by atoms with Gasteiger partial charge < -0.3 is 9.47 Å². The third-order valence-electron chi connectivity index (χ3n) is 2.01. The van der Waals surface area contributed by atoms with Crippen LogP contribution in [0.4, 0.5) is 0 Å². The summed E-state index contributed by atoms with van der Waals surface area (Å²) >= 11 is 3.53. The minimum atomic E-state index is -0.107. The number of hydrogen-bond donors (Lipinski definition) is 0. The van der Waals surface area contributed by atoms with Gasteiger partial charge in [-0.15, -0.1) is 22.7 Å². The minimum Gasteiger partial charge on any atom is -0.345 e. The Balaban J connectivity index is 2.02. The first-order chi connectivity index (χ1) is 6.43. The van der Waals surface area contributed by atoms with Crippen LogP contribution >= 0.6 is 22.7 Å². The van der Waals surface area contributed by atoms with E-state index in [4.69, 9.17) is 9.47 Å². The molecule has 0 atom stereocenters. The second-order valence-corrected chi connectivity index (χ2v) is 4.93. The van der Waals surface area contributed by atoms with Crippen molar-refractivity contribution in [3.8, 4) is 0 Å². The molecule has 68 valence electrons. The zero-order valence-electron chi connectivity index (χ0n) is 6.86. The van der Waals surface area contributed by atoms with Crippen molar-refractivity contribution >= 4 is 32.1 Å². The van der Waals surface area contributed by atoms with Gasteiger partial charge in [-0.1, -0.05) is 0 Å². The molecule has 0 spiro atoms. The first-order valence-electron chi connectivity index (χ1n) is 4.13. The Hall–Kier alpha value is -0.420. The van der Waals surface area contributed by atoms with E-state index in [0.717, 1.165) is 13.2 Å². The van der Waals surface area contributed by atoms with Crippen LogP contribution in [0.5, 0.6) is 0 Å². The van der Waals surface area contributed by atoms with Crippen LogP contribution in [0.1, 0.15) is 11.2 Å². The van der Waals surface area contributed by atoms with E-state index in [0.29, 0.717) is 0 Å². The fourth-order valence-corrected chi connectivity index (χ4v) is 3.54. The van der Waals surface area contributed by atoms with Crippen molar-refractivity contribution in [1.82, 2.24) is 0 Å². The molecule has 2 aromatic rings. The predicted molar refractivity (Wildman–Crippen MR) is 54.3 cm³/mol. The Labute approximate surface area is 83.7 Å². The highest BCUT2D eigenvalue weighted by Gasteiger charge is 2.20. The molecule has 0 unspecified atom stereocenters. The van der Waals surface area contributed by atoms with E-state index >= 15 is 0 Å². The molecule has 2 aromatic heterocycles. The maximum absolute atomic E-state index is 5.43. The smallest absolute Gasteiger partial charge is 0.193 e. The van der Waals surface area contributed by atoms with Gasteiger partial charge in [0.1, 0.15) is 0 Å². The molecule has 0 aliphatic carbocycles.